The Morgan fingerprint density at radius 1 is 1.40 bits per heavy atom. The normalized spacial score (nSPS) is 19.4. The van der Waals surface area contributed by atoms with Crippen molar-refractivity contribution in [2.75, 3.05) is 16.8 Å². The van der Waals surface area contributed by atoms with Crippen molar-refractivity contribution in [1.82, 2.24) is 4.98 Å². The van der Waals surface area contributed by atoms with Crippen LogP contribution in [-0.4, -0.2) is 23.3 Å². The predicted molar refractivity (Wildman–Crippen MR) is 94.4 cm³/mol. The van der Waals surface area contributed by atoms with E-state index in [1.807, 2.05) is 0 Å². The van der Waals surface area contributed by atoms with Crippen molar-refractivity contribution in [3.8, 4) is 0 Å². The first-order chi connectivity index (χ1) is 12.0. The molecule has 2 heterocycles. The number of aromatic nitrogens is 1. The number of hydrogen-bond donors (Lipinski definition) is 1. The Balaban J connectivity index is 1.45. The molecular formula is C18H18FN3O2S. The number of carbonyl (C=O) groups excluding carboxylic acids is 2. The van der Waals surface area contributed by atoms with Gasteiger partial charge in [0.1, 0.15) is 5.82 Å². The van der Waals surface area contributed by atoms with Crippen LogP contribution in [0.1, 0.15) is 29.0 Å². The second-order valence-electron chi connectivity index (χ2n) is 6.57. The van der Waals surface area contributed by atoms with E-state index >= 15 is 0 Å². The average Bonchev–Trinajstić information content (AvgIpc) is 3.24. The van der Waals surface area contributed by atoms with Crippen LogP contribution in [0.2, 0.25) is 0 Å². The van der Waals surface area contributed by atoms with Crippen LogP contribution in [0, 0.1) is 18.7 Å². The van der Waals surface area contributed by atoms with Crippen LogP contribution in [0.3, 0.4) is 0 Å². The Kier molecular flexibility index (Phi) is 4.03. The van der Waals surface area contributed by atoms with Crippen molar-refractivity contribution in [2.24, 2.45) is 5.92 Å². The second-order valence-corrected chi connectivity index (χ2v) is 7.65. The van der Waals surface area contributed by atoms with E-state index in [-0.39, 0.29) is 30.6 Å². The van der Waals surface area contributed by atoms with Crippen LogP contribution in [-0.2, 0) is 22.4 Å². The fourth-order valence-corrected chi connectivity index (χ4v) is 4.39. The predicted octanol–water partition coefficient (Wildman–Crippen LogP) is 3.07. The second kappa shape index (κ2) is 6.22. The molecule has 1 aromatic carbocycles. The minimum Gasteiger partial charge on any atom is -0.311 e. The van der Waals surface area contributed by atoms with Gasteiger partial charge in [-0.2, -0.15) is 0 Å². The molecule has 1 saturated heterocycles. The van der Waals surface area contributed by atoms with Gasteiger partial charge in [0, 0.05) is 23.5 Å². The molecule has 0 saturated carbocycles. The van der Waals surface area contributed by atoms with Gasteiger partial charge in [0.25, 0.3) is 0 Å². The lowest BCUT2D eigenvalue weighted by Crippen LogP contribution is -2.28. The minimum atomic E-state index is -0.449. The lowest BCUT2D eigenvalue weighted by molar-refractivity contribution is -0.122. The molecule has 2 aliphatic rings. The molecule has 0 radical (unpaired) electrons. The zero-order valence-electron chi connectivity index (χ0n) is 13.8. The highest BCUT2D eigenvalue weighted by atomic mass is 32.1. The number of anilines is 2. The van der Waals surface area contributed by atoms with Gasteiger partial charge in [-0.3, -0.25) is 9.59 Å². The zero-order valence-corrected chi connectivity index (χ0v) is 14.7. The summed E-state index contributed by atoms with van der Waals surface area (Å²) in [6, 6.07) is 4.70. The average molecular weight is 359 g/mol. The van der Waals surface area contributed by atoms with Gasteiger partial charge < -0.3 is 10.2 Å². The highest BCUT2D eigenvalue weighted by Crippen LogP contribution is 2.32. The van der Waals surface area contributed by atoms with Crippen molar-refractivity contribution >= 4 is 34.0 Å². The largest absolute Gasteiger partial charge is 0.311 e. The molecule has 0 unspecified atom stereocenters. The van der Waals surface area contributed by atoms with E-state index in [0.717, 1.165) is 25.0 Å². The molecule has 25 heavy (non-hydrogen) atoms. The Morgan fingerprint density at radius 2 is 2.24 bits per heavy atom. The molecule has 130 valence electrons. The summed E-state index contributed by atoms with van der Waals surface area (Å²) in [6.45, 7) is 1.94. The highest BCUT2D eigenvalue weighted by molar-refractivity contribution is 7.15. The standard InChI is InChI=1S/C18H18FN3O2S/c1-10-5-6-12(8-13(10)19)22-9-11(7-16(22)23)17(24)21-18-20-14-3-2-4-15(14)25-18/h5-6,8,11H,2-4,7,9H2,1H3,(H,20,21,24)/t11-/m0/s1. The third-order valence-electron chi connectivity index (χ3n) is 4.79. The van der Waals surface area contributed by atoms with E-state index in [0.29, 0.717) is 16.4 Å². The molecule has 5 nitrogen and oxygen atoms in total. The lowest BCUT2D eigenvalue weighted by atomic mass is 10.1. The Bertz CT molecular complexity index is 843. The number of carbonyl (C=O) groups is 2. The number of hydrogen-bond acceptors (Lipinski definition) is 4. The first kappa shape index (κ1) is 16.2. The molecule has 2 aromatic rings. The molecular weight excluding hydrogens is 341 g/mol. The number of halogens is 1. The Labute approximate surface area is 148 Å². The lowest BCUT2D eigenvalue weighted by Gasteiger charge is -2.17. The summed E-state index contributed by atoms with van der Waals surface area (Å²) in [4.78, 5) is 31.9. The number of fused-ring (bicyclic) bond motifs is 1. The van der Waals surface area contributed by atoms with Gasteiger partial charge >= 0.3 is 0 Å². The molecule has 1 aromatic heterocycles. The van der Waals surface area contributed by atoms with E-state index in [2.05, 4.69) is 10.3 Å². The molecule has 4 rings (SSSR count). The number of amides is 2. The molecule has 0 spiro atoms. The molecule has 0 bridgehead atoms. The zero-order chi connectivity index (χ0) is 17.6. The number of aryl methyl sites for hydroxylation is 3. The topological polar surface area (TPSA) is 62.3 Å². The summed E-state index contributed by atoms with van der Waals surface area (Å²) >= 11 is 1.52. The van der Waals surface area contributed by atoms with Crippen LogP contribution >= 0.6 is 11.3 Å². The fourth-order valence-electron chi connectivity index (χ4n) is 3.33. The number of nitrogens with one attached hydrogen (secondary N) is 1. The van der Waals surface area contributed by atoms with E-state index in [1.165, 1.54) is 27.2 Å². The van der Waals surface area contributed by atoms with E-state index in [1.54, 1.807) is 19.1 Å². The number of benzene rings is 1. The molecule has 1 aliphatic heterocycles. The van der Waals surface area contributed by atoms with Gasteiger partial charge in [-0.15, -0.1) is 11.3 Å². The van der Waals surface area contributed by atoms with Gasteiger partial charge in [0.2, 0.25) is 11.8 Å². The smallest absolute Gasteiger partial charge is 0.231 e. The number of nitrogens with zero attached hydrogens (tertiary/aromatic N) is 2. The summed E-state index contributed by atoms with van der Waals surface area (Å²) in [7, 11) is 0. The van der Waals surface area contributed by atoms with Gasteiger partial charge in [-0.05, 0) is 43.9 Å². The summed E-state index contributed by atoms with van der Waals surface area (Å²) in [5.74, 6) is -1.16. The van der Waals surface area contributed by atoms with Crippen molar-refractivity contribution < 1.29 is 14.0 Å². The summed E-state index contributed by atoms with van der Waals surface area (Å²) in [6.07, 6.45) is 3.25. The molecule has 2 amide bonds. The Morgan fingerprint density at radius 3 is 3.00 bits per heavy atom. The maximum atomic E-state index is 13.8. The summed E-state index contributed by atoms with van der Waals surface area (Å²) in [5, 5.41) is 3.45. The van der Waals surface area contributed by atoms with Gasteiger partial charge in [0.05, 0.1) is 11.6 Å². The van der Waals surface area contributed by atoms with Crippen LogP contribution in [0.4, 0.5) is 15.2 Å². The van der Waals surface area contributed by atoms with Crippen molar-refractivity contribution in [2.45, 2.75) is 32.6 Å². The molecule has 1 aliphatic carbocycles. The third kappa shape index (κ3) is 3.04. The first-order valence-corrected chi connectivity index (χ1v) is 9.19. The van der Waals surface area contributed by atoms with Crippen molar-refractivity contribution in [1.29, 1.82) is 0 Å². The monoisotopic (exact) mass is 359 g/mol. The Hall–Kier alpha value is -2.28. The summed E-state index contributed by atoms with van der Waals surface area (Å²) < 4.78 is 13.8. The quantitative estimate of drug-likeness (QED) is 0.916. The SMILES string of the molecule is Cc1ccc(N2C[C@@H](C(=O)Nc3nc4c(s3)CCC4)CC2=O)cc1F. The van der Waals surface area contributed by atoms with E-state index < -0.39 is 5.92 Å². The van der Waals surface area contributed by atoms with Crippen LogP contribution in [0.25, 0.3) is 0 Å². The highest BCUT2D eigenvalue weighted by Gasteiger charge is 2.35. The maximum Gasteiger partial charge on any atom is 0.231 e. The molecule has 1 N–H and O–H groups in total. The summed E-state index contributed by atoms with van der Waals surface area (Å²) in [5.41, 5.74) is 2.11. The number of thiazole rings is 1. The van der Waals surface area contributed by atoms with Crippen molar-refractivity contribution in [3.63, 3.8) is 0 Å². The van der Waals surface area contributed by atoms with Gasteiger partial charge in [-0.1, -0.05) is 6.07 Å². The molecule has 1 fully saturated rings. The van der Waals surface area contributed by atoms with E-state index in [4.69, 9.17) is 0 Å². The van der Waals surface area contributed by atoms with E-state index in [9.17, 15) is 14.0 Å². The van der Waals surface area contributed by atoms with Gasteiger partial charge in [-0.25, -0.2) is 9.37 Å². The third-order valence-corrected chi connectivity index (χ3v) is 5.86. The van der Waals surface area contributed by atoms with Crippen molar-refractivity contribution in [3.05, 3.63) is 40.2 Å². The van der Waals surface area contributed by atoms with Crippen LogP contribution < -0.4 is 10.2 Å². The van der Waals surface area contributed by atoms with Gasteiger partial charge in [0.15, 0.2) is 5.13 Å². The first-order valence-electron chi connectivity index (χ1n) is 8.37. The minimum absolute atomic E-state index is 0.131. The number of rotatable bonds is 3. The molecule has 7 heteroatoms. The molecule has 1 atom stereocenters. The maximum absolute atomic E-state index is 13.8. The fraction of sp³-hybridized carbons (Fsp3) is 0.389. The van der Waals surface area contributed by atoms with Crippen LogP contribution in [0.5, 0.6) is 0 Å². The van der Waals surface area contributed by atoms with Crippen LogP contribution in [0.15, 0.2) is 18.2 Å².